The lowest BCUT2D eigenvalue weighted by Crippen LogP contribution is -2.37. The van der Waals surface area contributed by atoms with Gasteiger partial charge in [-0.15, -0.1) is 0 Å². The van der Waals surface area contributed by atoms with Gasteiger partial charge >= 0.3 is 5.69 Å². The number of hydrogen-bond donors (Lipinski definition) is 5. The third kappa shape index (κ3) is 2.07. The van der Waals surface area contributed by atoms with E-state index in [2.05, 4.69) is 10.1 Å². The Morgan fingerprint density at radius 2 is 2.17 bits per heavy atom. The highest BCUT2D eigenvalue weighted by Gasteiger charge is 2.44. The molecule has 5 N–H and O–H groups in total. The first kappa shape index (κ1) is 12.9. The van der Waals surface area contributed by atoms with Crippen LogP contribution in [0.2, 0.25) is 0 Å². The van der Waals surface area contributed by atoms with Crippen LogP contribution in [0.3, 0.4) is 0 Å². The SMILES string of the molecule is O=c1nc(NO)cnn1[C@@H]1O[C@H](CO)C(O)C1O. The van der Waals surface area contributed by atoms with Crippen LogP contribution in [-0.4, -0.2) is 60.2 Å². The van der Waals surface area contributed by atoms with Gasteiger partial charge < -0.3 is 20.1 Å². The minimum absolute atomic E-state index is 0.164. The van der Waals surface area contributed by atoms with Gasteiger partial charge in [-0.3, -0.25) is 10.7 Å². The third-order valence-corrected chi connectivity index (χ3v) is 2.59. The van der Waals surface area contributed by atoms with Crippen LogP contribution in [0.4, 0.5) is 5.82 Å². The summed E-state index contributed by atoms with van der Waals surface area (Å²) in [5.74, 6) is -0.164. The Morgan fingerprint density at radius 3 is 2.67 bits per heavy atom. The van der Waals surface area contributed by atoms with Crippen molar-refractivity contribution in [1.29, 1.82) is 0 Å². The topological polar surface area (TPSA) is 150 Å². The molecule has 1 saturated heterocycles. The summed E-state index contributed by atoms with van der Waals surface area (Å²) in [5, 5.41) is 40.3. The standard InChI is InChI=1S/C8H12N4O6/c13-2-3-5(14)6(15)7(18-3)12-8(16)10-4(11-17)1-9-12/h1,3,5-7,13-15,17H,2H2,(H,10,11,16)/t3-,5?,6?,7-/m1/s1. The zero-order valence-corrected chi connectivity index (χ0v) is 9.04. The average Bonchev–Trinajstić information content (AvgIpc) is 2.66. The zero-order valence-electron chi connectivity index (χ0n) is 9.04. The van der Waals surface area contributed by atoms with Crippen molar-refractivity contribution < 1.29 is 25.3 Å². The van der Waals surface area contributed by atoms with Crippen molar-refractivity contribution in [2.45, 2.75) is 24.5 Å². The van der Waals surface area contributed by atoms with Crippen LogP contribution < -0.4 is 11.2 Å². The summed E-state index contributed by atoms with van der Waals surface area (Å²) in [6.07, 6.45) is -3.96. The van der Waals surface area contributed by atoms with Gasteiger partial charge in [0.2, 0.25) is 0 Å². The van der Waals surface area contributed by atoms with Gasteiger partial charge in [0.15, 0.2) is 12.0 Å². The maximum atomic E-state index is 11.5. The lowest BCUT2D eigenvalue weighted by molar-refractivity contribution is -0.0617. The van der Waals surface area contributed by atoms with E-state index in [1.165, 1.54) is 0 Å². The van der Waals surface area contributed by atoms with Crippen LogP contribution in [0.5, 0.6) is 0 Å². The second kappa shape index (κ2) is 4.96. The predicted octanol–water partition coefficient (Wildman–Crippen LogP) is -2.95. The van der Waals surface area contributed by atoms with Gasteiger partial charge in [0, 0.05) is 0 Å². The molecule has 0 radical (unpaired) electrons. The second-order valence-electron chi connectivity index (χ2n) is 3.71. The lowest BCUT2D eigenvalue weighted by atomic mass is 10.1. The summed E-state index contributed by atoms with van der Waals surface area (Å²) < 4.78 is 5.82. The Labute approximate surface area is 100 Å². The number of aliphatic hydroxyl groups excluding tert-OH is 3. The molecular weight excluding hydrogens is 248 g/mol. The van der Waals surface area contributed by atoms with Crippen LogP contribution in [0, 0.1) is 0 Å². The fraction of sp³-hybridized carbons (Fsp3) is 0.625. The number of nitrogens with one attached hydrogen (secondary N) is 1. The lowest BCUT2D eigenvalue weighted by Gasteiger charge is -2.15. The molecule has 1 fully saturated rings. The molecule has 1 aliphatic heterocycles. The first-order chi connectivity index (χ1) is 8.58. The van der Waals surface area contributed by atoms with Gasteiger partial charge in [-0.1, -0.05) is 0 Å². The van der Waals surface area contributed by atoms with Crippen molar-refractivity contribution in [3.8, 4) is 0 Å². The Balaban J connectivity index is 2.30. The molecule has 0 spiro atoms. The fourth-order valence-corrected chi connectivity index (χ4v) is 1.66. The van der Waals surface area contributed by atoms with E-state index in [-0.39, 0.29) is 5.82 Å². The summed E-state index contributed by atoms with van der Waals surface area (Å²) in [7, 11) is 0. The predicted molar refractivity (Wildman–Crippen MR) is 54.7 cm³/mol. The molecule has 10 heteroatoms. The van der Waals surface area contributed by atoms with Crippen LogP contribution in [0.1, 0.15) is 6.23 Å². The Hall–Kier alpha value is -1.59. The molecule has 2 heterocycles. The quantitative estimate of drug-likeness (QED) is 0.359. The van der Waals surface area contributed by atoms with E-state index in [0.717, 1.165) is 6.20 Å². The smallest absolute Gasteiger partial charge is 0.368 e. The molecule has 18 heavy (non-hydrogen) atoms. The molecule has 0 amide bonds. The van der Waals surface area contributed by atoms with Crippen molar-refractivity contribution in [3.05, 3.63) is 16.7 Å². The minimum Gasteiger partial charge on any atom is -0.394 e. The first-order valence-corrected chi connectivity index (χ1v) is 5.07. The molecule has 100 valence electrons. The molecule has 0 bridgehead atoms. The zero-order chi connectivity index (χ0) is 13.3. The van der Waals surface area contributed by atoms with Crippen LogP contribution in [0.25, 0.3) is 0 Å². The number of nitrogens with zero attached hydrogens (tertiary/aromatic N) is 3. The maximum Gasteiger partial charge on any atom is 0.368 e. The van der Waals surface area contributed by atoms with E-state index in [1.807, 2.05) is 0 Å². The number of anilines is 1. The van der Waals surface area contributed by atoms with E-state index < -0.39 is 36.8 Å². The minimum atomic E-state index is -1.41. The molecular formula is C8H12N4O6. The van der Waals surface area contributed by atoms with E-state index in [1.54, 1.807) is 5.48 Å². The van der Waals surface area contributed by atoms with Crippen LogP contribution in [-0.2, 0) is 4.74 Å². The van der Waals surface area contributed by atoms with Gasteiger partial charge in [0.1, 0.15) is 18.3 Å². The first-order valence-electron chi connectivity index (χ1n) is 5.07. The molecule has 2 rings (SSSR count). The Morgan fingerprint density at radius 1 is 1.44 bits per heavy atom. The number of rotatable bonds is 3. The van der Waals surface area contributed by atoms with E-state index in [9.17, 15) is 15.0 Å². The molecule has 2 unspecified atom stereocenters. The normalized spacial score (nSPS) is 31.6. The highest BCUT2D eigenvalue weighted by Crippen LogP contribution is 2.27. The second-order valence-corrected chi connectivity index (χ2v) is 3.71. The third-order valence-electron chi connectivity index (χ3n) is 2.59. The Bertz CT molecular complexity index is 479. The number of aliphatic hydroxyl groups is 3. The van der Waals surface area contributed by atoms with Crippen molar-refractivity contribution in [3.63, 3.8) is 0 Å². The van der Waals surface area contributed by atoms with Gasteiger partial charge in [0.25, 0.3) is 0 Å². The molecule has 0 saturated carbocycles. The van der Waals surface area contributed by atoms with Crippen molar-refractivity contribution in [2.75, 3.05) is 12.1 Å². The average molecular weight is 260 g/mol. The maximum absolute atomic E-state index is 11.5. The number of hydrogen-bond acceptors (Lipinski definition) is 9. The molecule has 1 aromatic heterocycles. The van der Waals surface area contributed by atoms with Gasteiger partial charge in [-0.05, 0) is 0 Å². The van der Waals surface area contributed by atoms with Gasteiger partial charge in [-0.25, -0.2) is 4.79 Å². The molecule has 1 aromatic rings. The summed E-state index contributed by atoms with van der Waals surface area (Å²) >= 11 is 0. The largest absolute Gasteiger partial charge is 0.394 e. The summed E-state index contributed by atoms with van der Waals surface area (Å²) in [6, 6.07) is 0. The molecule has 10 nitrogen and oxygen atoms in total. The number of aromatic nitrogens is 3. The van der Waals surface area contributed by atoms with Gasteiger partial charge in [-0.2, -0.15) is 14.8 Å². The monoisotopic (exact) mass is 260 g/mol. The summed E-state index contributed by atoms with van der Waals surface area (Å²) in [6.45, 7) is -0.507. The molecule has 0 aromatic carbocycles. The number of ether oxygens (including phenoxy) is 1. The summed E-state index contributed by atoms with van der Waals surface area (Å²) in [4.78, 5) is 14.9. The van der Waals surface area contributed by atoms with E-state index in [4.69, 9.17) is 15.1 Å². The fourth-order valence-electron chi connectivity index (χ4n) is 1.66. The molecule has 4 atom stereocenters. The molecule has 0 aliphatic carbocycles. The van der Waals surface area contributed by atoms with E-state index >= 15 is 0 Å². The van der Waals surface area contributed by atoms with E-state index in [0.29, 0.717) is 4.68 Å². The van der Waals surface area contributed by atoms with Crippen molar-refractivity contribution in [1.82, 2.24) is 14.8 Å². The molecule has 1 aliphatic rings. The highest BCUT2D eigenvalue weighted by molar-refractivity contribution is 5.24. The Kier molecular flexibility index (Phi) is 3.54. The van der Waals surface area contributed by atoms with Crippen molar-refractivity contribution >= 4 is 5.82 Å². The van der Waals surface area contributed by atoms with Crippen LogP contribution >= 0.6 is 0 Å². The van der Waals surface area contributed by atoms with Crippen molar-refractivity contribution in [2.24, 2.45) is 0 Å². The van der Waals surface area contributed by atoms with Crippen LogP contribution in [0.15, 0.2) is 11.0 Å². The summed E-state index contributed by atoms with van der Waals surface area (Å²) in [5.41, 5.74) is 0.761. The highest BCUT2D eigenvalue weighted by atomic mass is 16.6. The van der Waals surface area contributed by atoms with Gasteiger partial charge in [0.05, 0.1) is 12.8 Å².